The highest BCUT2D eigenvalue weighted by molar-refractivity contribution is 5.67. The van der Waals surface area contributed by atoms with E-state index in [2.05, 4.69) is 62.2 Å². The van der Waals surface area contributed by atoms with Gasteiger partial charge in [0.2, 0.25) is 5.72 Å². The number of aliphatic hydroxyl groups is 1. The van der Waals surface area contributed by atoms with E-state index in [-0.39, 0.29) is 5.41 Å². The van der Waals surface area contributed by atoms with Crippen LogP contribution < -0.4 is 4.90 Å². The van der Waals surface area contributed by atoms with Crippen LogP contribution in [0.3, 0.4) is 0 Å². The average molecular weight is 295 g/mol. The summed E-state index contributed by atoms with van der Waals surface area (Å²) < 4.78 is 6.56. The first-order chi connectivity index (χ1) is 10.5. The van der Waals surface area contributed by atoms with Crippen LogP contribution >= 0.6 is 0 Å². The van der Waals surface area contributed by atoms with Crippen LogP contribution in [0.5, 0.6) is 0 Å². The van der Waals surface area contributed by atoms with E-state index in [1.807, 2.05) is 6.08 Å². The Balaban J connectivity index is 1.83. The molecule has 114 valence electrons. The van der Waals surface area contributed by atoms with Gasteiger partial charge < -0.3 is 14.7 Å². The highest BCUT2D eigenvalue weighted by Crippen LogP contribution is 2.54. The molecule has 2 heterocycles. The van der Waals surface area contributed by atoms with Crippen molar-refractivity contribution in [1.82, 2.24) is 0 Å². The molecule has 1 spiro atoms. The van der Waals surface area contributed by atoms with Crippen LogP contribution in [0.1, 0.15) is 32.3 Å². The summed E-state index contributed by atoms with van der Waals surface area (Å²) in [6, 6.07) is 8.50. The second kappa shape index (κ2) is 4.19. The second-order valence-corrected chi connectivity index (χ2v) is 6.85. The first kappa shape index (κ1) is 13.5. The molecule has 3 heteroatoms. The number of anilines is 1. The summed E-state index contributed by atoms with van der Waals surface area (Å²) in [5.41, 5.74) is 2.86. The van der Waals surface area contributed by atoms with Gasteiger partial charge in [-0.2, -0.15) is 0 Å². The molecule has 2 aliphatic heterocycles. The van der Waals surface area contributed by atoms with Crippen molar-refractivity contribution in [3.05, 3.63) is 65.1 Å². The van der Waals surface area contributed by atoms with Crippen LogP contribution in [0, 0.1) is 0 Å². The molecule has 0 radical (unpaired) electrons. The Bertz CT molecular complexity index is 742. The fourth-order valence-electron chi connectivity index (χ4n) is 4.00. The van der Waals surface area contributed by atoms with E-state index in [1.54, 1.807) is 0 Å². The Morgan fingerprint density at radius 2 is 1.95 bits per heavy atom. The summed E-state index contributed by atoms with van der Waals surface area (Å²) in [5.74, 6) is 1.42. The molecule has 1 atom stereocenters. The van der Waals surface area contributed by atoms with Gasteiger partial charge in [0.1, 0.15) is 5.76 Å². The quantitative estimate of drug-likeness (QED) is 0.779. The number of benzene rings is 1. The molecule has 0 bridgehead atoms. The third-order valence-corrected chi connectivity index (χ3v) is 5.35. The van der Waals surface area contributed by atoms with E-state index < -0.39 is 5.72 Å². The summed E-state index contributed by atoms with van der Waals surface area (Å²) in [4.78, 5) is 2.24. The zero-order valence-electron chi connectivity index (χ0n) is 13.3. The number of hydrogen-bond acceptors (Lipinski definition) is 3. The number of aliphatic hydroxyl groups excluding tert-OH is 1. The molecule has 0 aromatic heterocycles. The van der Waals surface area contributed by atoms with Crippen LogP contribution in [-0.4, -0.2) is 17.9 Å². The van der Waals surface area contributed by atoms with Crippen LogP contribution in [0.2, 0.25) is 0 Å². The maximum Gasteiger partial charge on any atom is 0.211 e. The lowest BCUT2D eigenvalue weighted by Crippen LogP contribution is -2.55. The number of ether oxygens (including phenoxy) is 1. The number of nitrogens with zero attached hydrogens (tertiary/aromatic N) is 1. The first-order valence-corrected chi connectivity index (χ1v) is 7.80. The standard InChI is InChI=1S/C19H21NO2/c1-18(2)15-6-4-5-7-16(15)20(3)19(18)11-10-13-12-14(21)8-9-17(13)22-19/h4-7,10-12,21H,8-9H2,1-3H3/t19-/m1/s1. The van der Waals surface area contributed by atoms with Crippen molar-refractivity contribution in [2.45, 2.75) is 37.8 Å². The predicted molar refractivity (Wildman–Crippen MR) is 87.8 cm³/mol. The van der Waals surface area contributed by atoms with Gasteiger partial charge in [0.25, 0.3) is 0 Å². The molecule has 1 N–H and O–H groups in total. The number of rotatable bonds is 0. The minimum atomic E-state index is -0.504. The molecule has 4 rings (SSSR count). The van der Waals surface area contributed by atoms with E-state index >= 15 is 0 Å². The van der Waals surface area contributed by atoms with Crippen molar-refractivity contribution in [2.24, 2.45) is 0 Å². The molecule has 1 aromatic rings. The van der Waals surface area contributed by atoms with E-state index in [1.165, 1.54) is 11.3 Å². The van der Waals surface area contributed by atoms with Gasteiger partial charge in [-0.3, -0.25) is 0 Å². The van der Waals surface area contributed by atoms with Crippen LogP contribution in [0.15, 0.2) is 59.6 Å². The predicted octanol–water partition coefficient (Wildman–Crippen LogP) is 4.19. The fourth-order valence-corrected chi connectivity index (χ4v) is 4.00. The molecular formula is C19H21NO2. The lowest BCUT2D eigenvalue weighted by atomic mass is 9.76. The van der Waals surface area contributed by atoms with Gasteiger partial charge in [-0.1, -0.05) is 18.2 Å². The Morgan fingerprint density at radius 1 is 1.18 bits per heavy atom. The minimum Gasteiger partial charge on any atom is -0.512 e. The van der Waals surface area contributed by atoms with Crippen molar-refractivity contribution < 1.29 is 9.84 Å². The molecular weight excluding hydrogens is 274 g/mol. The normalized spacial score (nSPS) is 28.3. The largest absolute Gasteiger partial charge is 0.512 e. The van der Waals surface area contributed by atoms with Crippen molar-refractivity contribution in [3.8, 4) is 0 Å². The summed E-state index contributed by atoms with van der Waals surface area (Å²) in [6.07, 6.45) is 7.46. The zero-order chi connectivity index (χ0) is 15.5. The van der Waals surface area contributed by atoms with E-state index in [0.29, 0.717) is 12.2 Å². The Hall–Kier alpha value is -2.16. The monoisotopic (exact) mass is 295 g/mol. The number of hydrogen-bond donors (Lipinski definition) is 1. The number of likely N-dealkylation sites (N-methyl/N-ethyl adjacent to an activating group) is 1. The topological polar surface area (TPSA) is 32.7 Å². The van der Waals surface area contributed by atoms with Gasteiger partial charge >= 0.3 is 0 Å². The van der Waals surface area contributed by atoms with Gasteiger partial charge in [-0.25, -0.2) is 0 Å². The third-order valence-electron chi connectivity index (χ3n) is 5.35. The van der Waals surface area contributed by atoms with Crippen molar-refractivity contribution in [2.75, 3.05) is 11.9 Å². The fraction of sp³-hybridized carbons (Fsp3) is 0.368. The molecule has 1 aliphatic carbocycles. The lowest BCUT2D eigenvalue weighted by molar-refractivity contribution is -0.0113. The van der Waals surface area contributed by atoms with Gasteiger partial charge in [0.15, 0.2) is 0 Å². The Kier molecular flexibility index (Phi) is 2.57. The molecule has 22 heavy (non-hydrogen) atoms. The minimum absolute atomic E-state index is 0.156. The van der Waals surface area contributed by atoms with Crippen molar-refractivity contribution in [3.63, 3.8) is 0 Å². The van der Waals surface area contributed by atoms with Gasteiger partial charge in [0.05, 0.1) is 11.2 Å². The molecule has 1 aromatic carbocycles. The molecule has 0 saturated carbocycles. The Labute approximate surface area is 131 Å². The van der Waals surface area contributed by atoms with E-state index in [0.717, 1.165) is 17.8 Å². The second-order valence-electron chi connectivity index (χ2n) is 6.85. The number of fused-ring (bicyclic) bond motifs is 1. The number of para-hydroxylation sites is 1. The van der Waals surface area contributed by atoms with Gasteiger partial charge in [-0.15, -0.1) is 0 Å². The van der Waals surface area contributed by atoms with Crippen molar-refractivity contribution >= 4 is 5.69 Å². The summed E-state index contributed by atoms with van der Waals surface area (Å²) >= 11 is 0. The highest BCUT2D eigenvalue weighted by atomic mass is 16.5. The molecule has 0 saturated heterocycles. The maximum absolute atomic E-state index is 9.73. The third kappa shape index (κ3) is 1.51. The van der Waals surface area contributed by atoms with E-state index in [4.69, 9.17) is 4.74 Å². The summed E-state index contributed by atoms with van der Waals surface area (Å²) in [7, 11) is 2.10. The van der Waals surface area contributed by atoms with Crippen LogP contribution in [0.4, 0.5) is 5.69 Å². The lowest BCUT2D eigenvalue weighted by Gasteiger charge is -2.46. The Morgan fingerprint density at radius 3 is 2.73 bits per heavy atom. The molecule has 0 fully saturated rings. The molecule has 3 nitrogen and oxygen atoms in total. The number of allylic oxidation sites excluding steroid dienone is 5. The zero-order valence-corrected chi connectivity index (χ0v) is 13.3. The van der Waals surface area contributed by atoms with E-state index in [9.17, 15) is 5.11 Å². The van der Waals surface area contributed by atoms with Gasteiger partial charge in [0, 0.05) is 31.1 Å². The molecule has 0 amide bonds. The molecule has 0 unspecified atom stereocenters. The maximum atomic E-state index is 9.73. The average Bonchev–Trinajstić information content (AvgIpc) is 2.67. The molecule has 3 aliphatic rings. The summed E-state index contributed by atoms with van der Waals surface area (Å²) in [6.45, 7) is 4.47. The van der Waals surface area contributed by atoms with Crippen LogP contribution in [0.25, 0.3) is 0 Å². The SMILES string of the molecule is CN1c2ccccc2C(C)(C)[C@]12C=CC1=C(CCC(O)=C1)O2. The van der Waals surface area contributed by atoms with Gasteiger partial charge in [-0.05, 0) is 43.7 Å². The van der Waals surface area contributed by atoms with Crippen LogP contribution in [-0.2, 0) is 10.2 Å². The first-order valence-electron chi connectivity index (χ1n) is 7.80. The summed E-state index contributed by atoms with van der Waals surface area (Å²) in [5, 5.41) is 9.73. The highest BCUT2D eigenvalue weighted by Gasteiger charge is 2.57. The van der Waals surface area contributed by atoms with Crippen molar-refractivity contribution in [1.29, 1.82) is 0 Å². The smallest absolute Gasteiger partial charge is 0.211 e.